The van der Waals surface area contributed by atoms with E-state index < -0.39 is 0 Å². The third-order valence-corrected chi connectivity index (χ3v) is 5.06. The fourth-order valence-corrected chi connectivity index (χ4v) is 3.57. The lowest BCUT2D eigenvalue weighted by Crippen LogP contribution is -2.30. The molecule has 0 fully saturated rings. The second-order valence-corrected chi connectivity index (χ2v) is 7.15. The summed E-state index contributed by atoms with van der Waals surface area (Å²) in [5.74, 6) is 0.707. The average molecular weight is 362 g/mol. The largest absolute Gasteiger partial charge is 0.354 e. The Morgan fingerprint density at radius 2 is 2.00 bits per heavy atom. The van der Waals surface area contributed by atoms with Gasteiger partial charge in [0.05, 0.1) is 5.69 Å². The summed E-state index contributed by atoms with van der Waals surface area (Å²) in [4.78, 5) is 11.3. The van der Waals surface area contributed by atoms with Crippen molar-refractivity contribution in [3.63, 3.8) is 0 Å². The number of rotatable bonds is 6. The quantitative estimate of drug-likeness (QED) is 0.702. The minimum absolute atomic E-state index is 0.707. The summed E-state index contributed by atoms with van der Waals surface area (Å²) in [5.41, 5.74) is 7.28. The predicted molar refractivity (Wildman–Crippen MR) is 107 cm³/mol. The maximum Gasteiger partial charge on any atom is 0.222 e. The van der Waals surface area contributed by atoms with Gasteiger partial charge in [-0.1, -0.05) is 31.2 Å². The molecule has 1 aromatic carbocycles. The number of anilines is 1. The predicted octanol–water partition coefficient (Wildman–Crippen LogP) is 3.56. The lowest BCUT2D eigenvalue weighted by molar-refractivity contribution is 0.244. The number of fused-ring (bicyclic) bond motifs is 1. The van der Waals surface area contributed by atoms with Crippen LogP contribution in [0.25, 0.3) is 11.3 Å². The highest BCUT2D eigenvalue weighted by molar-refractivity contribution is 5.67. The molecule has 6 nitrogen and oxygen atoms in total. The standard InChI is InChI=1S/C21H26N6/c1-3-9-22-21-23-11-16(12-24-21)13-27-10-8-19-18(14-27)20(26-25-19)17-7-5-4-6-15(17)2/h4-7,11-12H,3,8-10,13-14H2,1-2H3,(H,25,26)(H,22,23,24). The van der Waals surface area contributed by atoms with Crippen LogP contribution in [0.15, 0.2) is 36.7 Å². The van der Waals surface area contributed by atoms with E-state index in [1.54, 1.807) is 0 Å². The number of hydrogen-bond acceptors (Lipinski definition) is 5. The van der Waals surface area contributed by atoms with E-state index in [1.807, 2.05) is 12.4 Å². The van der Waals surface area contributed by atoms with Crippen molar-refractivity contribution < 1.29 is 0 Å². The molecule has 3 aromatic rings. The van der Waals surface area contributed by atoms with Crippen LogP contribution in [-0.4, -0.2) is 38.2 Å². The molecular formula is C21H26N6. The zero-order chi connectivity index (χ0) is 18.6. The Morgan fingerprint density at radius 1 is 1.19 bits per heavy atom. The highest BCUT2D eigenvalue weighted by atomic mass is 15.2. The normalized spacial score (nSPS) is 14.1. The maximum absolute atomic E-state index is 4.63. The second-order valence-electron chi connectivity index (χ2n) is 7.15. The SMILES string of the molecule is CCCNc1ncc(CN2CCc3[nH]nc(-c4ccccc4C)c3C2)cn1. The molecule has 140 valence electrons. The number of benzene rings is 1. The van der Waals surface area contributed by atoms with E-state index >= 15 is 0 Å². The van der Waals surface area contributed by atoms with E-state index in [1.165, 1.54) is 22.4 Å². The fraction of sp³-hybridized carbons (Fsp3) is 0.381. The number of nitrogens with zero attached hydrogens (tertiary/aromatic N) is 4. The molecule has 3 heterocycles. The Labute approximate surface area is 160 Å². The average Bonchev–Trinajstić information content (AvgIpc) is 3.11. The van der Waals surface area contributed by atoms with Crippen molar-refractivity contribution in [2.75, 3.05) is 18.4 Å². The number of hydrogen-bond donors (Lipinski definition) is 2. The molecule has 0 unspecified atom stereocenters. The van der Waals surface area contributed by atoms with Crippen molar-refractivity contribution in [3.8, 4) is 11.3 Å². The van der Waals surface area contributed by atoms with E-state index in [2.05, 4.69) is 68.5 Å². The Morgan fingerprint density at radius 3 is 2.78 bits per heavy atom. The van der Waals surface area contributed by atoms with Gasteiger partial charge in [-0.2, -0.15) is 5.10 Å². The van der Waals surface area contributed by atoms with Crippen molar-refractivity contribution in [3.05, 3.63) is 59.0 Å². The maximum atomic E-state index is 4.63. The number of H-pyrrole nitrogens is 1. The van der Waals surface area contributed by atoms with Gasteiger partial charge in [0.15, 0.2) is 0 Å². The minimum Gasteiger partial charge on any atom is -0.354 e. The van der Waals surface area contributed by atoms with Crippen molar-refractivity contribution in [1.82, 2.24) is 25.1 Å². The highest BCUT2D eigenvalue weighted by Gasteiger charge is 2.23. The van der Waals surface area contributed by atoms with E-state index in [-0.39, 0.29) is 0 Å². The first-order chi connectivity index (χ1) is 13.2. The van der Waals surface area contributed by atoms with Gasteiger partial charge in [0, 0.05) is 67.4 Å². The van der Waals surface area contributed by atoms with Crippen LogP contribution >= 0.6 is 0 Å². The van der Waals surface area contributed by atoms with Gasteiger partial charge in [-0.05, 0) is 18.9 Å². The Bertz CT molecular complexity index is 899. The number of aromatic nitrogens is 4. The second kappa shape index (κ2) is 7.88. The Kier molecular flexibility index (Phi) is 5.16. The highest BCUT2D eigenvalue weighted by Crippen LogP contribution is 2.30. The van der Waals surface area contributed by atoms with Crippen LogP contribution in [0.1, 0.15) is 35.7 Å². The minimum atomic E-state index is 0.707. The fourth-order valence-electron chi connectivity index (χ4n) is 3.57. The molecule has 2 aromatic heterocycles. The zero-order valence-electron chi connectivity index (χ0n) is 16.0. The monoisotopic (exact) mass is 362 g/mol. The van der Waals surface area contributed by atoms with Crippen molar-refractivity contribution in [2.45, 2.75) is 39.8 Å². The zero-order valence-corrected chi connectivity index (χ0v) is 16.0. The van der Waals surface area contributed by atoms with Gasteiger partial charge in [0.2, 0.25) is 5.95 Å². The van der Waals surface area contributed by atoms with Gasteiger partial charge in [-0.3, -0.25) is 10.00 Å². The topological polar surface area (TPSA) is 69.7 Å². The van der Waals surface area contributed by atoms with Crippen molar-refractivity contribution in [2.24, 2.45) is 0 Å². The summed E-state index contributed by atoms with van der Waals surface area (Å²) in [6.07, 6.45) is 5.91. The molecule has 0 bridgehead atoms. The molecule has 0 spiro atoms. The van der Waals surface area contributed by atoms with Crippen LogP contribution < -0.4 is 5.32 Å². The Balaban J connectivity index is 1.48. The number of nitrogens with one attached hydrogen (secondary N) is 2. The number of aromatic amines is 1. The van der Waals surface area contributed by atoms with Crippen LogP contribution in [0.5, 0.6) is 0 Å². The van der Waals surface area contributed by atoms with Gasteiger partial charge in [-0.15, -0.1) is 0 Å². The summed E-state index contributed by atoms with van der Waals surface area (Å²) < 4.78 is 0. The van der Waals surface area contributed by atoms with Crippen LogP contribution in [0.3, 0.4) is 0 Å². The van der Waals surface area contributed by atoms with E-state index in [9.17, 15) is 0 Å². The smallest absolute Gasteiger partial charge is 0.222 e. The van der Waals surface area contributed by atoms with Gasteiger partial charge in [0.1, 0.15) is 0 Å². The summed E-state index contributed by atoms with van der Waals surface area (Å²) in [6.45, 7) is 7.93. The molecule has 0 radical (unpaired) electrons. The molecule has 0 saturated carbocycles. The molecule has 4 rings (SSSR count). The molecule has 1 aliphatic heterocycles. The van der Waals surface area contributed by atoms with Gasteiger partial charge in [-0.25, -0.2) is 9.97 Å². The van der Waals surface area contributed by atoms with Gasteiger partial charge in [0.25, 0.3) is 0 Å². The summed E-state index contributed by atoms with van der Waals surface area (Å²) in [7, 11) is 0. The molecular weight excluding hydrogens is 336 g/mol. The van der Waals surface area contributed by atoms with Crippen LogP contribution in [0.2, 0.25) is 0 Å². The van der Waals surface area contributed by atoms with Gasteiger partial charge < -0.3 is 5.32 Å². The molecule has 0 aliphatic carbocycles. The van der Waals surface area contributed by atoms with E-state index in [0.29, 0.717) is 5.95 Å². The third kappa shape index (κ3) is 3.85. The first kappa shape index (κ1) is 17.7. The van der Waals surface area contributed by atoms with Crippen LogP contribution in [0, 0.1) is 6.92 Å². The first-order valence-electron chi connectivity index (χ1n) is 9.64. The van der Waals surface area contributed by atoms with E-state index in [4.69, 9.17) is 0 Å². The number of aryl methyl sites for hydroxylation is 1. The van der Waals surface area contributed by atoms with Crippen molar-refractivity contribution >= 4 is 5.95 Å². The molecule has 2 N–H and O–H groups in total. The Hall–Kier alpha value is -2.73. The molecule has 0 saturated heterocycles. The molecule has 6 heteroatoms. The molecule has 0 atom stereocenters. The molecule has 27 heavy (non-hydrogen) atoms. The summed E-state index contributed by atoms with van der Waals surface area (Å²) in [6, 6.07) is 8.45. The van der Waals surface area contributed by atoms with E-state index in [0.717, 1.165) is 50.3 Å². The molecule has 0 amide bonds. The van der Waals surface area contributed by atoms with Crippen LogP contribution in [-0.2, 0) is 19.5 Å². The van der Waals surface area contributed by atoms with Crippen molar-refractivity contribution in [1.29, 1.82) is 0 Å². The van der Waals surface area contributed by atoms with Crippen LogP contribution in [0.4, 0.5) is 5.95 Å². The first-order valence-corrected chi connectivity index (χ1v) is 9.64. The summed E-state index contributed by atoms with van der Waals surface area (Å²) in [5, 5.41) is 11.1. The van der Waals surface area contributed by atoms with Gasteiger partial charge >= 0.3 is 0 Å². The lowest BCUT2D eigenvalue weighted by Gasteiger charge is -2.27. The molecule has 1 aliphatic rings. The lowest BCUT2D eigenvalue weighted by atomic mass is 9.98. The third-order valence-electron chi connectivity index (χ3n) is 5.06. The summed E-state index contributed by atoms with van der Waals surface area (Å²) >= 11 is 0.